The molecule has 0 radical (unpaired) electrons. The molecule has 2 unspecified atom stereocenters. The van der Waals surface area contributed by atoms with E-state index in [0.29, 0.717) is 5.92 Å². The lowest BCUT2D eigenvalue weighted by Crippen LogP contribution is -2.21. The van der Waals surface area contributed by atoms with Crippen LogP contribution in [0.15, 0.2) is 12.2 Å². The zero-order chi connectivity index (χ0) is 19.1. The maximum atomic E-state index is 11.8. The minimum absolute atomic E-state index is 0.105. The molecule has 0 aliphatic heterocycles. The number of carboxylic acid groups (broad SMARTS) is 1. The van der Waals surface area contributed by atoms with Crippen LogP contribution in [-0.2, 0) is 14.3 Å². The normalized spacial score (nSPS) is 14.0. The van der Waals surface area contributed by atoms with Gasteiger partial charge in [0.15, 0.2) is 0 Å². The minimum Gasteiger partial charge on any atom is -0.478 e. The van der Waals surface area contributed by atoms with Crippen molar-refractivity contribution in [2.75, 3.05) is 0 Å². The number of carboxylic acids is 1. The second-order valence-corrected chi connectivity index (χ2v) is 7.41. The maximum absolute atomic E-state index is 11.8. The zero-order valence-corrected chi connectivity index (χ0v) is 16.6. The second kappa shape index (κ2) is 15.0. The van der Waals surface area contributed by atoms with Crippen LogP contribution in [0, 0.1) is 11.8 Å². The molecule has 146 valence electrons. The number of unbranched alkanes of at least 4 members (excludes halogenated alkanes) is 3. The highest BCUT2D eigenvalue weighted by Gasteiger charge is 2.18. The van der Waals surface area contributed by atoms with Crippen LogP contribution in [0.25, 0.3) is 0 Å². The van der Waals surface area contributed by atoms with Crippen LogP contribution in [0.2, 0.25) is 0 Å². The molecule has 4 heteroatoms. The molecule has 0 heterocycles. The van der Waals surface area contributed by atoms with Crippen LogP contribution in [-0.4, -0.2) is 23.1 Å². The summed E-state index contributed by atoms with van der Waals surface area (Å²) >= 11 is 0. The summed E-state index contributed by atoms with van der Waals surface area (Å²) in [5.41, 5.74) is 0. The third-order valence-electron chi connectivity index (χ3n) is 4.59. The summed E-state index contributed by atoms with van der Waals surface area (Å²) in [6, 6.07) is 0. The topological polar surface area (TPSA) is 63.6 Å². The van der Waals surface area contributed by atoms with Gasteiger partial charge in [0.05, 0.1) is 0 Å². The van der Waals surface area contributed by atoms with Gasteiger partial charge in [-0.25, -0.2) is 9.59 Å². The largest absolute Gasteiger partial charge is 0.478 e. The van der Waals surface area contributed by atoms with Crippen LogP contribution in [0.3, 0.4) is 0 Å². The lowest BCUT2D eigenvalue weighted by atomic mass is 9.91. The molecule has 0 aliphatic carbocycles. The number of carbonyl (C=O) groups excluding carboxylic acids is 1. The fourth-order valence-electron chi connectivity index (χ4n) is 3.02. The molecule has 1 N–H and O–H groups in total. The van der Waals surface area contributed by atoms with Crippen molar-refractivity contribution in [1.29, 1.82) is 0 Å². The number of esters is 1. The van der Waals surface area contributed by atoms with Gasteiger partial charge >= 0.3 is 11.9 Å². The number of ether oxygens (including phenoxy) is 1. The third-order valence-corrected chi connectivity index (χ3v) is 4.59. The van der Waals surface area contributed by atoms with Gasteiger partial charge in [-0.3, -0.25) is 0 Å². The highest BCUT2D eigenvalue weighted by atomic mass is 16.5. The van der Waals surface area contributed by atoms with E-state index >= 15 is 0 Å². The summed E-state index contributed by atoms with van der Waals surface area (Å²) in [6.07, 6.45) is 12.8. The summed E-state index contributed by atoms with van der Waals surface area (Å²) < 4.78 is 5.55. The highest BCUT2D eigenvalue weighted by molar-refractivity contribution is 5.90. The van der Waals surface area contributed by atoms with Gasteiger partial charge in [-0.1, -0.05) is 72.6 Å². The van der Waals surface area contributed by atoms with Crippen molar-refractivity contribution in [1.82, 2.24) is 0 Å². The second-order valence-electron chi connectivity index (χ2n) is 7.41. The number of rotatable bonds is 15. The zero-order valence-electron chi connectivity index (χ0n) is 16.6. The van der Waals surface area contributed by atoms with E-state index in [4.69, 9.17) is 9.84 Å². The molecule has 0 saturated carbocycles. The number of hydrogen-bond acceptors (Lipinski definition) is 3. The Morgan fingerprint density at radius 1 is 0.960 bits per heavy atom. The average molecular weight is 355 g/mol. The first-order valence-corrected chi connectivity index (χ1v) is 10.0. The molecule has 2 atom stereocenters. The Hall–Kier alpha value is -1.32. The van der Waals surface area contributed by atoms with E-state index in [2.05, 4.69) is 27.7 Å². The molecule has 0 aliphatic rings. The van der Waals surface area contributed by atoms with Crippen LogP contribution < -0.4 is 0 Å². The molecule has 25 heavy (non-hydrogen) atoms. The molecule has 0 saturated heterocycles. The summed E-state index contributed by atoms with van der Waals surface area (Å²) in [4.78, 5) is 22.4. The Morgan fingerprint density at radius 2 is 1.64 bits per heavy atom. The van der Waals surface area contributed by atoms with Gasteiger partial charge in [-0.15, -0.1) is 0 Å². The standard InChI is InChI=1S/C21H38O4/c1-5-7-12-18(6-2)16-19(13-10-8-9-11-17(3)4)25-21(24)15-14-20(22)23/h14-15,17-19H,5-13,16H2,1-4H3,(H,22,23)/b15-14+. The van der Waals surface area contributed by atoms with Gasteiger partial charge in [0.2, 0.25) is 0 Å². The van der Waals surface area contributed by atoms with Crippen LogP contribution >= 0.6 is 0 Å². The molecule has 0 aromatic rings. The minimum atomic E-state index is -1.13. The van der Waals surface area contributed by atoms with Crippen molar-refractivity contribution in [3.8, 4) is 0 Å². The Morgan fingerprint density at radius 3 is 2.20 bits per heavy atom. The van der Waals surface area contributed by atoms with Crippen molar-refractivity contribution >= 4 is 11.9 Å². The van der Waals surface area contributed by atoms with E-state index in [1.54, 1.807) is 0 Å². The van der Waals surface area contributed by atoms with E-state index in [1.165, 1.54) is 32.1 Å². The SMILES string of the molecule is CCCCC(CC)CC(CCCCCC(C)C)OC(=O)/C=C/C(=O)O. The molecule has 4 nitrogen and oxygen atoms in total. The molecule has 0 spiro atoms. The predicted octanol–water partition coefficient (Wildman–Crippen LogP) is 5.75. The number of hydrogen-bond donors (Lipinski definition) is 1. The van der Waals surface area contributed by atoms with E-state index in [0.717, 1.165) is 50.2 Å². The van der Waals surface area contributed by atoms with E-state index in [1.807, 2.05) is 0 Å². The van der Waals surface area contributed by atoms with E-state index < -0.39 is 11.9 Å². The third kappa shape index (κ3) is 14.7. The van der Waals surface area contributed by atoms with Crippen molar-refractivity contribution < 1.29 is 19.4 Å². The van der Waals surface area contributed by atoms with Crippen molar-refractivity contribution in [3.63, 3.8) is 0 Å². The molecular formula is C21H38O4. The van der Waals surface area contributed by atoms with Gasteiger partial charge in [-0.2, -0.15) is 0 Å². The lowest BCUT2D eigenvalue weighted by Gasteiger charge is -2.23. The Bertz CT molecular complexity index is 387. The van der Waals surface area contributed by atoms with E-state index in [9.17, 15) is 9.59 Å². The van der Waals surface area contributed by atoms with Crippen molar-refractivity contribution in [2.45, 2.75) is 98.0 Å². The monoisotopic (exact) mass is 354 g/mol. The first-order chi connectivity index (χ1) is 11.9. The van der Waals surface area contributed by atoms with Crippen molar-refractivity contribution in [3.05, 3.63) is 12.2 Å². The van der Waals surface area contributed by atoms with E-state index in [-0.39, 0.29) is 6.10 Å². The smallest absolute Gasteiger partial charge is 0.331 e. The fraction of sp³-hybridized carbons (Fsp3) is 0.810. The van der Waals surface area contributed by atoms with Gasteiger partial charge in [-0.05, 0) is 31.1 Å². The summed E-state index contributed by atoms with van der Waals surface area (Å²) in [7, 11) is 0. The van der Waals surface area contributed by atoms with Crippen molar-refractivity contribution in [2.24, 2.45) is 11.8 Å². The van der Waals surface area contributed by atoms with Gasteiger partial charge < -0.3 is 9.84 Å². The first kappa shape index (κ1) is 23.7. The Balaban J connectivity index is 4.51. The van der Waals surface area contributed by atoms with Crippen LogP contribution in [0.5, 0.6) is 0 Å². The molecule has 0 amide bonds. The molecule has 0 fully saturated rings. The molecular weight excluding hydrogens is 316 g/mol. The van der Waals surface area contributed by atoms with Gasteiger partial charge in [0.1, 0.15) is 6.10 Å². The predicted molar refractivity (Wildman–Crippen MR) is 103 cm³/mol. The highest BCUT2D eigenvalue weighted by Crippen LogP contribution is 2.23. The fourth-order valence-corrected chi connectivity index (χ4v) is 3.02. The Kier molecular flexibility index (Phi) is 14.2. The lowest BCUT2D eigenvalue weighted by molar-refractivity contribution is -0.144. The quantitative estimate of drug-likeness (QED) is 0.231. The molecule has 0 aromatic heterocycles. The molecule has 0 bridgehead atoms. The van der Waals surface area contributed by atoms with Gasteiger partial charge in [0, 0.05) is 12.2 Å². The van der Waals surface area contributed by atoms with Crippen LogP contribution in [0.1, 0.15) is 91.9 Å². The summed E-state index contributed by atoms with van der Waals surface area (Å²) in [5.74, 6) is -0.373. The number of aliphatic carboxylic acids is 1. The number of carbonyl (C=O) groups is 2. The maximum Gasteiger partial charge on any atom is 0.331 e. The van der Waals surface area contributed by atoms with Gasteiger partial charge in [0.25, 0.3) is 0 Å². The molecule has 0 rings (SSSR count). The average Bonchev–Trinajstić information content (AvgIpc) is 2.55. The Labute approximate surface area is 154 Å². The summed E-state index contributed by atoms with van der Waals surface area (Å²) in [5, 5.41) is 8.63. The first-order valence-electron chi connectivity index (χ1n) is 10.0. The van der Waals surface area contributed by atoms with Crippen LogP contribution in [0.4, 0.5) is 0 Å². The summed E-state index contributed by atoms with van der Waals surface area (Å²) in [6.45, 7) is 8.85. The molecule has 0 aromatic carbocycles.